The first-order valence-electron chi connectivity index (χ1n) is 14.5. The van der Waals surface area contributed by atoms with E-state index in [0.717, 1.165) is 9.13 Å². The molecule has 0 aliphatic carbocycles. The maximum Gasteiger partial charge on any atom is 0.338 e. The molecule has 3 aromatic rings. The van der Waals surface area contributed by atoms with Gasteiger partial charge in [0, 0.05) is 5.70 Å². The lowest BCUT2D eigenvalue weighted by molar-refractivity contribution is -0.139. The first-order chi connectivity index (χ1) is 22.6. The number of urea groups is 1. The zero-order valence-corrected chi connectivity index (χ0v) is 28.3. The molecule has 1 heterocycles. The molecule has 0 unspecified atom stereocenters. The van der Waals surface area contributed by atoms with Crippen molar-refractivity contribution >= 4 is 46.7 Å². The lowest BCUT2D eigenvalue weighted by Crippen LogP contribution is -2.45. The number of amides is 3. The molecule has 3 amide bonds. The molecule has 47 heavy (non-hydrogen) atoms. The van der Waals surface area contributed by atoms with Crippen molar-refractivity contribution in [2.75, 3.05) is 26.9 Å². The quantitative estimate of drug-likeness (QED) is 0.0888. The van der Waals surface area contributed by atoms with Gasteiger partial charge in [-0.3, -0.25) is 4.79 Å². The van der Waals surface area contributed by atoms with Gasteiger partial charge in [-0.2, -0.15) is 5.10 Å². The Hall–Kier alpha value is -4.86. The van der Waals surface area contributed by atoms with E-state index >= 15 is 0 Å². The number of halogens is 2. The van der Waals surface area contributed by atoms with Gasteiger partial charge in [-0.15, -0.1) is 0 Å². The van der Waals surface area contributed by atoms with E-state index in [2.05, 4.69) is 43.8 Å². The Morgan fingerprint density at radius 1 is 1.00 bits per heavy atom. The number of ether oxygens (including phenoxy) is 5. The minimum Gasteiger partial charge on any atom is -0.493 e. The van der Waals surface area contributed by atoms with Crippen LogP contribution in [0.3, 0.4) is 0 Å². The molecule has 3 N–H and O–H groups in total. The zero-order chi connectivity index (χ0) is 33.9. The van der Waals surface area contributed by atoms with E-state index < -0.39 is 23.9 Å². The molecule has 0 spiro atoms. The molecule has 0 radical (unpaired) electrons. The molecule has 3 aromatic carbocycles. The Labute approximate surface area is 284 Å². The standard InChI is InChI=1S/C33H34FIN4O8/c1-5-44-27-14-21(13-24(35)31(27)47-17-20-7-10-23(34)11-8-20)16-36-39-28(40)18-46-25-12-9-22(15-26(25)43-4)30-29(32(41)45-6-2)19(3)37-33(42)38-30/h7-16,30H,5-6,17-18H2,1-4H3,(H,39,40)(H2,37,38,42)/b36-16-/t30-/m1/s1. The summed E-state index contributed by atoms with van der Waals surface area (Å²) >= 11 is 2.12. The molecule has 1 aliphatic heterocycles. The molecule has 14 heteroatoms. The van der Waals surface area contributed by atoms with E-state index in [-0.39, 0.29) is 42.7 Å². The highest BCUT2D eigenvalue weighted by Crippen LogP contribution is 2.36. The van der Waals surface area contributed by atoms with Gasteiger partial charge in [0.05, 0.1) is 41.7 Å². The van der Waals surface area contributed by atoms with Crippen LogP contribution in [-0.2, 0) is 20.9 Å². The molecule has 248 valence electrons. The summed E-state index contributed by atoms with van der Waals surface area (Å²) in [7, 11) is 1.43. The van der Waals surface area contributed by atoms with Gasteiger partial charge in [-0.05, 0) is 96.5 Å². The molecular weight excluding hydrogens is 726 g/mol. The van der Waals surface area contributed by atoms with E-state index in [9.17, 15) is 18.8 Å². The SMILES string of the molecule is CCOC(=O)C1=C(C)NC(=O)N[C@@H]1c1ccc(OCC(=O)N/N=C\c2cc(I)c(OCc3ccc(F)cc3)c(OCC)c2)c(OC)c1. The van der Waals surface area contributed by atoms with Crippen molar-refractivity contribution in [3.63, 3.8) is 0 Å². The van der Waals surface area contributed by atoms with Crippen LogP contribution in [0.25, 0.3) is 0 Å². The van der Waals surface area contributed by atoms with Crippen molar-refractivity contribution in [2.45, 2.75) is 33.4 Å². The van der Waals surface area contributed by atoms with Gasteiger partial charge >= 0.3 is 12.0 Å². The summed E-state index contributed by atoms with van der Waals surface area (Å²) in [5.41, 5.74) is 5.07. The van der Waals surface area contributed by atoms with Crippen LogP contribution in [-0.4, -0.2) is 51.1 Å². The van der Waals surface area contributed by atoms with E-state index in [0.29, 0.717) is 34.9 Å². The number of methoxy groups -OCH3 is 1. The fraction of sp³-hybridized carbons (Fsp3) is 0.273. The van der Waals surface area contributed by atoms with Crippen LogP contribution in [0, 0.1) is 9.39 Å². The number of allylic oxidation sites excluding steroid dienone is 1. The van der Waals surface area contributed by atoms with Crippen LogP contribution in [0.2, 0.25) is 0 Å². The summed E-state index contributed by atoms with van der Waals surface area (Å²) in [5, 5.41) is 9.35. The maximum absolute atomic E-state index is 13.2. The van der Waals surface area contributed by atoms with Crippen molar-refractivity contribution in [1.29, 1.82) is 0 Å². The normalized spacial score (nSPS) is 14.3. The largest absolute Gasteiger partial charge is 0.493 e. The number of benzene rings is 3. The summed E-state index contributed by atoms with van der Waals surface area (Å²) in [5.74, 6) is 0.177. The van der Waals surface area contributed by atoms with Gasteiger partial charge in [0.25, 0.3) is 5.91 Å². The highest BCUT2D eigenvalue weighted by Gasteiger charge is 2.32. The van der Waals surface area contributed by atoms with Gasteiger partial charge in [-0.1, -0.05) is 18.2 Å². The molecule has 0 bridgehead atoms. The molecule has 4 rings (SSSR count). The van der Waals surface area contributed by atoms with Crippen LogP contribution >= 0.6 is 22.6 Å². The predicted molar refractivity (Wildman–Crippen MR) is 179 cm³/mol. The van der Waals surface area contributed by atoms with Crippen LogP contribution in [0.1, 0.15) is 43.5 Å². The van der Waals surface area contributed by atoms with Gasteiger partial charge in [0.1, 0.15) is 12.4 Å². The van der Waals surface area contributed by atoms with E-state index in [1.54, 1.807) is 50.2 Å². The number of nitrogens with zero attached hydrogens (tertiary/aromatic N) is 1. The zero-order valence-electron chi connectivity index (χ0n) is 26.1. The summed E-state index contributed by atoms with van der Waals surface area (Å²) in [6.07, 6.45) is 1.46. The second-order valence-electron chi connectivity index (χ2n) is 9.96. The molecule has 1 aliphatic rings. The average Bonchev–Trinajstić information content (AvgIpc) is 3.04. The Bertz CT molecular complexity index is 1680. The predicted octanol–water partition coefficient (Wildman–Crippen LogP) is 5.14. The van der Waals surface area contributed by atoms with Crippen LogP contribution in [0.4, 0.5) is 9.18 Å². The Kier molecular flexibility index (Phi) is 12.4. The number of hydrazone groups is 1. The first-order valence-corrected chi connectivity index (χ1v) is 15.6. The summed E-state index contributed by atoms with van der Waals surface area (Å²) in [4.78, 5) is 37.3. The fourth-order valence-corrected chi connectivity index (χ4v) is 5.34. The Morgan fingerprint density at radius 2 is 1.77 bits per heavy atom. The minimum atomic E-state index is -0.787. The number of esters is 1. The van der Waals surface area contributed by atoms with Gasteiger partial charge in [0.2, 0.25) is 0 Å². The second kappa shape index (κ2) is 16.6. The summed E-state index contributed by atoms with van der Waals surface area (Å²) in [6.45, 7) is 5.60. The van der Waals surface area contributed by atoms with Gasteiger partial charge in [0.15, 0.2) is 29.6 Å². The fourth-order valence-electron chi connectivity index (χ4n) is 4.56. The lowest BCUT2D eigenvalue weighted by atomic mass is 9.95. The number of hydrogen-bond donors (Lipinski definition) is 3. The topological polar surface area (TPSA) is 146 Å². The molecule has 1 atom stereocenters. The molecular formula is C33H34FIN4O8. The number of carbonyl (C=O) groups is 3. The number of carbonyl (C=O) groups excluding carboxylic acids is 3. The number of nitrogens with one attached hydrogen (secondary N) is 3. The smallest absolute Gasteiger partial charge is 0.338 e. The van der Waals surface area contributed by atoms with E-state index in [1.807, 2.05) is 13.0 Å². The van der Waals surface area contributed by atoms with Crippen molar-refractivity contribution in [2.24, 2.45) is 5.10 Å². The van der Waals surface area contributed by atoms with Gasteiger partial charge in [-0.25, -0.2) is 19.4 Å². The van der Waals surface area contributed by atoms with Crippen molar-refractivity contribution < 1.29 is 42.5 Å². The summed E-state index contributed by atoms with van der Waals surface area (Å²) in [6, 6.07) is 13.2. The minimum absolute atomic E-state index is 0.174. The monoisotopic (exact) mass is 760 g/mol. The van der Waals surface area contributed by atoms with E-state index in [4.69, 9.17) is 23.7 Å². The number of hydrogen-bond acceptors (Lipinski definition) is 9. The summed E-state index contributed by atoms with van der Waals surface area (Å²) < 4.78 is 42.0. The molecule has 0 saturated heterocycles. The second-order valence-corrected chi connectivity index (χ2v) is 11.1. The Morgan fingerprint density at radius 3 is 2.47 bits per heavy atom. The molecule has 0 saturated carbocycles. The third kappa shape index (κ3) is 9.34. The lowest BCUT2D eigenvalue weighted by Gasteiger charge is -2.28. The third-order valence-corrected chi connectivity index (χ3v) is 7.48. The molecule has 12 nitrogen and oxygen atoms in total. The highest BCUT2D eigenvalue weighted by molar-refractivity contribution is 14.1. The maximum atomic E-state index is 13.2. The van der Waals surface area contributed by atoms with Gasteiger partial charge < -0.3 is 34.3 Å². The van der Waals surface area contributed by atoms with Crippen LogP contribution in [0.15, 0.2) is 71.0 Å². The van der Waals surface area contributed by atoms with Crippen molar-refractivity contribution in [3.8, 4) is 23.0 Å². The Balaban J connectivity index is 1.38. The number of rotatable bonds is 14. The third-order valence-electron chi connectivity index (χ3n) is 6.68. The van der Waals surface area contributed by atoms with Crippen LogP contribution < -0.4 is 35.0 Å². The highest BCUT2D eigenvalue weighted by atomic mass is 127. The van der Waals surface area contributed by atoms with Crippen molar-refractivity contribution in [3.05, 3.63) is 91.9 Å². The van der Waals surface area contributed by atoms with Crippen molar-refractivity contribution in [1.82, 2.24) is 16.1 Å². The molecule has 0 fully saturated rings. The first kappa shape index (κ1) is 35.0. The molecule has 0 aromatic heterocycles. The average molecular weight is 761 g/mol. The van der Waals surface area contributed by atoms with E-state index in [1.165, 1.54) is 25.5 Å². The van der Waals surface area contributed by atoms with Crippen LogP contribution in [0.5, 0.6) is 23.0 Å².